The van der Waals surface area contributed by atoms with Crippen LogP contribution in [0.2, 0.25) is 10.0 Å². The Kier molecular flexibility index (Phi) is 9.66. The molecule has 3 rings (SSSR count). The zero-order valence-corrected chi connectivity index (χ0v) is 21.7. The summed E-state index contributed by atoms with van der Waals surface area (Å²) in [6.07, 6.45) is 5.92. The fourth-order valence-electron chi connectivity index (χ4n) is 4.48. The van der Waals surface area contributed by atoms with Gasteiger partial charge >= 0.3 is 0 Å². The Hall–Kier alpha value is -2.24. The molecule has 1 unspecified atom stereocenters. The van der Waals surface area contributed by atoms with E-state index in [1.165, 1.54) is 6.42 Å². The third kappa shape index (κ3) is 7.13. The molecule has 0 aliphatic heterocycles. The van der Waals surface area contributed by atoms with Crippen molar-refractivity contribution in [3.8, 4) is 5.75 Å². The smallest absolute Gasteiger partial charge is 0.261 e. The maximum Gasteiger partial charge on any atom is 0.261 e. The molecule has 7 heteroatoms. The first-order chi connectivity index (χ1) is 16.3. The number of rotatable bonds is 9. The van der Waals surface area contributed by atoms with E-state index >= 15 is 0 Å². The van der Waals surface area contributed by atoms with Crippen LogP contribution in [-0.2, 0) is 16.1 Å². The number of aryl methyl sites for hydroxylation is 2. The van der Waals surface area contributed by atoms with Crippen molar-refractivity contribution in [1.82, 2.24) is 10.2 Å². The topological polar surface area (TPSA) is 58.6 Å². The number of ether oxygens (including phenoxy) is 1. The molecule has 2 aromatic carbocycles. The zero-order chi connectivity index (χ0) is 24.7. The highest BCUT2D eigenvalue weighted by Gasteiger charge is 2.30. The van der Waals surface area contributed by atoms with Crippen molar-refractivity contribution in [1.29, 1.82) is 0 Å². The third-order valence-electron chi connectivity index (χ3n) is 6.36. The van der Waals surface area contributed by atoms with Crippen LogP contribution in [0.25, 0.3) is 0 Å². The molecule has 5 nitrogen and oxygen atoms in total. The van der Waals surface area contributed by atoms with E-state index in [1.807, 2.05) is 45.0 Å². The van der Waals surface area contributed by atoms with Gasteiger partial charge in [-0.15, -0.1) is 0 Å². The Morgan fingerprint density at radius 3 is 2.44 bits per heavy atom. The van der Waals surface area contributed by atoms with Gasteiger partial charge in [-0.2, -0.15) is 0 Å². The second kappa shape index (κ2) is 12.5. The number of nitrogens with one attached hydrogen (secondary N) is 1. The van der Waals surface area contributed by atoms with Gasteiger partial charge in [0.1, 0.15) is 11.8 Å². The number of carbonyl (C=O) groups is 2. The zero-order valence-electron chi connectivity index (χ0n) is 20.2. The monoisotopic (exact) mass is 504 g/mol. The van der Waals surface area contributed by atoms with Gasteiger partial charge in [-0.25, -0.2) is 0 Å². The van der Waals surface area contributed by atoms with Gasteiger partial charge in [0.05, 0.1) is 10.0 Å². The number of hydrogen-bond acceptors (Lipinski definition) is 3. The fourth-order valence-corrected chi connectivity index (χ4v) is 4.80. The number of hydrogen-bond donors (Lipinski definition) is 1. The molecular formula is C27H34Cl2N2O3. The Labute approximate surface area is 212 Å². The first-order valence-electron chi connectivity index (χ1n) is 12.0. The van der Waals surface area contributed by atoms with Gasteiger partial charge in [0, 0.05) is 12.6 Å². The molecular weight excluding hydrogens is 471 g/mol. The van der Waals surface area contributed by atoms with Crippen molar-refractivity contribution >= 4 is 35.0 Å². The summed E-state index contributed by atoms with van der Waals surface area (Å²) in [5.74, 6) is 0.291. The Morgan fingerprint density at radius 1 is 1.06 bits per heavy atom. The van der Waals surface area contributed by atoms with Crippen LogP contribution < -0.4 is 10.1 Å². The second-order valence-corrected chi connectivity index (χ2v) is 9.91. The average molecular weight is 505 g/mol. The summed E-state index contributed by atoms with van der Waals surface area (Å²) in [7, 11) is 0. The fraction of sp³-hybridized carbons (Fsp3) is 0.481. The van der Waals surface area contributed by atoms with E-state index in [-0.39, 0.29) is 31.0 Å². The largest absolute Gasteiger partial charge is 0.483 e. The van der Waals surface area contributed by atoms with Crippen LogP contribution in [0.3, 0.4) is 0 Å². The molecule has 0 aromatic heterocycles. The summed E-state index contributed by atoms with van der Waals surface area (Å²) in [4.78, 5) is 28.3. The second-order valence-electron chi connectivity index (χ2n) is 9.10. The van der Waals surface area contributed by atoms with Crippen LogP contribution in [-0.4, -0.2) is 35.4 Å². The quantitative estimate of drug-likeness (QED) is 0.439. The normalized spacial score (nSPS) is 15.0. The van der Waals surface area contributed by atoms with Crippen molar-refractivity contribution < 1.29 is 14.3 Å². The number of amides is 2. The summed E-state index contributed by atoms with van der Waals surface area (Å²) in [5.41, 5.74) is 2.90. The molecule has 0 heterocycles. The number of benzene rings is 2. The minimum atomic E-state index is -0.605. The molecule has 2 amide bonds. The first kappa shape index (κ1) is 26.4. The first-order valence-corrected chi connectivity index (χ1v) is 12.8. The Bertz CT molecular complexity index is 1010. The van der Waals surface area contributed by atoms with Crippen LogP contribution in [0.4, 0.5) is 0 Å². The maximum atomic E-state index is 13.4. The molecule has 34 heavy (non-hydrogen) atoms. The molecule has 184 valence electrons. The lowest BCUT2D eigenvalue weighted by molar-refractivity contribution is -0.143. The van der Waals surface area contributed by atoms with Crippen LogP contribution in [0.1, 0.15) is 62.1 Å². The molecule has 2 aromatic rings. The highest BCUT2D eigenvalue weighted by Crippen LogP contribution is 2.25. The average Bonchev–Trinajstić information content (AvgIpc) is 2.81. The van der Waals surface area contributed by atoms with E-state index in [2.05, 4.69) is 5.32 Å². The molecule has 1 N–H and O–H groups in total. The lowest BCUT2D eigenvalue weighted by Crippen LogP contribution is -2.52. The summed E-state index contributed by atoms with van der Waals surface area (Å²) in [6.45, 7) is 5.97. The summed E-state index contributed by atoms with van der Waals surface area (Å²) in [6, 6.07) is 10.7. The molecule has 0 radical (unpaired) electrons. The third-order valence-corrected chi connectivity index (χ3v) is 7.10. The van der Waals surface area contributed by atoms with Gasteiger partial charge in [-0.1, -0.05) is 73.2 Å². The van der Waals surface area contributed by atoms with E-state index in [0.717, 1.165) is 42.4 Å². The van der Waals surface area contributed by atoms with E-state index < -0.39 is 6.04 Å². The highest BCUT2D eigenvalue weighted by molar-refractivity contribution is 6.42. The lowest BCUT2D eigenvalue weighted by atomic mass is 9.95. The van der Waals surface area contributed by atoms with Crippen LogP contribution >= 0.6 is 23.2 Å². The summed E-state index contributed by atoms with van der Waals surface area (Å²) in [5, 5.41) is 4.04. The van der Waals surface area contributed by atoms with Crippen molar-refractivity contribution in [2.24, 2.45) is 0 Å². The van der Waals surface area contributed by atoms with Crippen LogP contribution in [0.15, 0.2) is 36.4 Å². The van der Waals surface area contributed by atoms with Gasteiger partial charge in [0.2, 0.25) is 5.91 Å². The molecule has 0 spiro atoms. The lowest BCUT2D eigenvalue weighted by Gasteiger charge is -2.32. The van der Waals surface area contributed by atoms with Crippen molar-refractivity contribution in [3.63, 3.8) is 0 Å². The van der Waals surface area contributed by atoms with Crippen molar-refractivity contribution in [3.05, 3.63) is 63.1 Å². The van der Waals surface area contributed by atoms with Crippen molar-refractivity contribution in [2.45, 2.75) is 77.9 Å². The summed E-state index contributed by atoms with van der Waals surface area (Å²) >= 11 is 12.3. The Balaban J connectivity index is 1.79. The predicted molar refractivity (Wildman–Crippen MR) is 138 cm³/mol. The molecule has 1 saturated carbocycles. The number of halogens is 2. The van der Waals surface area contributed by atoms with Gasteiger partial charge in [0.25, 0.3) is 5.91 Å². The van der Waals surface area contributed by atoms with Crippen molar-refractivity contribution in [2.75, 3.05) is 6.61 Å². The van der Waals surface area contributed by atoms with Gasteiger partial charge < -0.3 is 15.0 Å². The van der Waals surface area contributed by atoms with E-state index in [9.17, 15) is 9.59 Å². The highest BCUT2D eigenvalue weighted by atomic mass is 35.5. The minimum Gasteiger partial charge on any atom is -0.483 e. The van der Waals surface area contributed by atoms with E-state index in [1.54, 1.807) is 17.0 Å². The molecule has 1 aliphatic rings. The standard InChI is InChI=1S/C27H34Cl2N2O3/c1-4-24(27(33)30-21-8-6-5-7-9-21)31(16-20-11-12-22(28)23(29)15-20)26(32)17-34-25-13-10-18(2)14-19(25)3/h10-15,21,24H,4-9,16-17H2,1-3H3,(H,30,33). The minimum absolute atomic E-state index is 0.116. The Morgan fingerprint density at radius 2 is 1.79 bits per heavy atom. The van der Waals surface area contributed by atoms with Gasteiger partial charge in [0.15, 0.2) is 6.61 Å². The summed E-state index contributed by atoms with van der Waals surface area (Å²) < 4.78 is 5.87. The SMILES string of the molecule is CCC(C(=O)NC1CCCCC1)N(Cc1ccc(Cl)c(Cl)c1)C(=O)COc1ccc(C)cc1C. The molecule has 1 fully saturated rings. The molecule has 0 saturated heterocycles. The predicted octanol–water partition coefficient (Wildman–Crippen LogP) is 6.25. The van der Waals surface area contributed by atoms with E-state index in [4.69, 9.17) is 27.9 Å². The van der Waals surface area contributed by atoms with E-state index in [0.29, 0.717) is 22.2 Å². The van der Waals surface area contributed by atoms with Crippen LogP contribution in [0.5, 0.6) is 5.75 Å². The number of nitrogens with zero attached hydrogens (tertiary/aromatic N) is 1. The molecule has 1 aliphatic carbocycles. The maximum absolute atomic E-state index is 13.4. The molecule has 1 atom stereocenters. The van der Waals surface area contributed by atoms with Gasteiger partial charge in [-0.05, 0) is 62.4 Å². The van der Waals surface area contributed by atoms with Gasteiger partial charge in [-0.3, -0.25) is 9.59 Å². The van der Waals surface area contributed by atoms with Crippen LogP contribution in [0, 0.1) is 13.8 Å². The number of carbonyl (C=O) groups excluding carboxylic acids is 2. The molecule has 0 bridgehead atoms.